The highest BCUT2D eigenvalue weighted by atomic mass is 32.2. The van der Waals surface area contributed by atoms with E-state index in [-0.39, 0.29) is 16.2 Å². The van der Waals surface area contributed by atoms with Crippen molar-refractivity contribution >= 4 is 21.8 Å². The van der Waals surface area contributed by atoms with Gasteiger partial charge in [0.05, 0.1) is 4.90 Å². The van der Waals surface area contributed by atoms with Crippen LogP contribution in [0.25, 0.3) is 0 Å². The monoisotopic (exact) mass is 313 g/mol. The zero-order chi connectivity index (χ0) is 15.2. The van der Waals surface area contributed by atoms with Gasteiger partial charge < -0.3 is 5.11 Å². The second-order valence-corrected chi connectivity index (χ2v) is 7.99. The molecule has 0 spiro atoms. The van der Waals surface area contributed by atoms with Crippen molar-refractivity contribution in [2.45, 2.75) is 23.5 Å². The van der Waals surface area contributed by atoms with Gasteiger partial charge in [-0.1, -0.05) is 24.0 Å². The van der Waals surface area contributed by atoms with E-state index in [0.717, 1.165) is 0 Å². The van der Waals surface area contributed by atoms with Gasteiger partial charge in [0, 0.05) is 16.9 Å². The van der Waals surface area contributed by atoms with Crippen LogP contribution in [0.2, 0.25) is 0 Å². The molecule has 0 aromatic heterocycles. The smallest absolute Gasteiger partial charge is 0.241 e. The highest BCUT2D eigenvalue weighted by Gasteiger charge is 2.22. The van der Waals surface area contributed by atoms with E-state index in [1.165, 1.54) is 6.07 Å². The third-order valence-electron chi connectivity index (χ3n) is 2.72. The number of hydrogen-bond donors (Lipinski definition) is 2. The molecule has 0 aliphatic carbocycles. The Hall–Kier alpha value is -1.00. The predicted octanol–water partition coefficient (Wildman–Crippen LogP) is 1.45. The van der Waals surface area contributed by atoms with Crippen LogP contribution in [-0.2, 0) is 10.0 Å². The first kappa shape index (κ1) is 17.1. The Kier molecular flexibility index (Phi) is 6.08. The molecule has 0 unspecified atom stereocenters. The lowest BCUT2D eigenvalue weighted by Gasteiger charge is -2.22. The van der Waals surface area contributed by atoms with Crippen LogP contribution in [0.1, 0.15) is 19.4 Å². The lowest BCUT2D eigenvalue weighted by molar-refractivity contribution is 0.350. The summed E-state index contributed by atoms with van der Waals surface area (Å²) in [5.41, 5.74) is 0.385. The lowest BCUT2D eigenvalue weighted by atomic mass is 10.2. The summed E-state index contributed by atoms with van der Waals surface area (Å²) in [6, 6.07) is 6.50. The molecule has 1 aromatic rings. The van der Waals surface area contributed by atoms with E-state index in [2.05, 4.69) is 16.6 Å². The molecule has 0 atom stereocenters. The summed E-state index contributed by atoms with van der Waals surface area (Å²) in [4.78, 5) is 0.137. The van der Waals surface area contributed by atoms with E-state index in [1.54, 1.807) is 30.0 Å². The van der Waals surface area contributed by atoms with Gasteiger partial charge in [0.1, 0.15) is 6.61 Å². The Morgan fingerprint density at radius 1 is 1.35 bits per heavy atom. The molecule has 110 valence electrons. The van der Waals surface area contributed by atoms with Gasteiger partial charge in [-0.25, -0.2) is 13.1 Å². The molecule has 1 aromatic carbocycles. The Morgan fingerprint density at radius 2 is 2.00 bits per heavy atom. The van der Waals surface area contributed by atoms with Gasteiger partial charge in [-0.2, -0.15) is 11.8 Å². The lowest BCUT2D eigenvalue weighted by Crippen LogP contribution is -2.36. The fraction of sp³-hybridized carbons (Fsp3) is 0.429. The van der Waals surface area contributed by atoms with E-state index in [4.69, 9.17) is 5.11 Å². The zero-order valence-electron chi connectivity index (χ0n) is 11.8. The SMILES string of the molecule is CSC(C)(C)CNS(=O)(=O)c1ccccc1C#CCO. The molecule has 0 fully saturated rings. The van der Waals surface area contributed by atoms with Crippen LogP contribution < -0.4 is 4.72 Å². The number of sulfonamides is 1. The number of nitrogens with one attached hydrogen (secondary N) is 1. The van der Waals surface area contributed by atoms with E-state index >= 15 is 0 Å². The maximum atomic E-state index is 12.3. The van der Waals surface area contributed by atoms with Crippen LogP contribution in [0.3, 0.4) is 0 Å². The van der Waals surface area contributed by atoms with Crippen molar-refractivity contribution in [2.24, 2.45) is 0 Å². The number of hydrogen-bond acceptors (Lipinski definition) is 4. The molecule has 6 heteroatoms. The second-order valence-electron chi connectivity index (χ2n) is 4.74. The summed E-state index contributed by atoms with van der Waals surface area (Å²) in [5.74, 6) is 5.13. The van der Waals surface area contributed by atoms with Gasteiger partial charge in [-0.05, 0) is 32.2 Å². The number of benzene rings is 1. The number of aliphatic hydroxyl groups is 1. The van der Waals surface area contributed by atoms with Crippen LogP contribution in [-0.4, -0.2) is 37.7 Å². The van der Waals surface area contributed by atoms with Crippen molar-refractivity contribution in [3.63, 3.8) is 0 Å². The van der Waals surface area contributed by atoms with E-state index in [1.807, 2.05) is 20.1 Å². The van der Waals surface area contributed by atoms with Gasteiger partial charge in [0.15, 0.2) is 0 Å². The van der Waals surface area contributed by atoms with Gasteiger partial charge in [0.2, 0.25) is 10.0 Å². The molecule has 0 aliphatic rings. The van der Waals surface area contributed by atoms with E-state index < -0.39 is 10.0 Å². The molecule has 4 nitrogen and oxygen atoms in total. The standard InChI is InChI=1S/C14H19NO3S2/c1-14(2,19-3)11-15-20(17,18)13-9-5-4-7-12(13)8-6-10-16/h4-5,7,9,15-16H,10-11H2,1-3H3. The highest BCUT2D eigenvalue weighted by molar-refractivity contribution is 8.00. The Morgan fingerprint density at radius 3 is 2.60 bits per heavy atom. The summed E-state index contributed by atoms with van der Waals surface area (Å²) in [7, 11) is -3.61. The minimum atomic E-state index is -3.61. The molecule has 0 heterocycles. The maximum Gasteiger partial charge on any atom is 0.241 e. The first-order valence-electron chi connectivity index (χ1n) is 6.06. The number of aliphatic hydroxyl groups excluding tert-OH is 1. The van der Waals surface area contributed by atoms with E-state index in [0.29, 0.717) is 12.1 Å². The molecule has 0 saturated carbocycles. The normalized spacial score (nSPS) is 11.8. The van der Waals surface area contributed by atoms with Gasteiger partial charge in [0.25, 0.3) is 0 Å². The number of thioether (sulfide) groups is 1. The fourth-order valence-corrected chi connectivity index (χ4v) is 3.04. The fourth-order valence-electron chi connectivity index (χ4n) is 1.36. The Balaban J connectivity index is 3.04. The largest absolute Gasteiger partial charge is 0.384 e. The van der Waals surface area contributed by atoms with Gasteiger partial charge in [-0.3, -0.25) is 0 Å². The highest BCUT2D eigenvalue weighted by Crippen LogP contribution is 2.21. The van der Waals surface area contributed by atoms with E-state index in [9.17, 15) is 8.42 Å². The topological polar surface area (TPSA) is 66.4 Å². The van der Waals surface area contributed by atoms with Crippen LogP contribution in [0.5, 0.6) is 0 Å². The summed E-state index contributed by atoms with van der Waals surface area (Å²) in [5, 5.41) is 8.72. The molecule has 1 rings (SSSR count). The average molecular weight is 313 g/mol. The van der Waals surface area contributed by atoms with Crippen molar-refractivity contribution in [1.82, 2.24) is 4.72 Å². The van der Waals surface area contributed by atoms with Crippen molar-refractivity contribution in [3.05, 3.63) is 29.8 Å². The maximum absolute atomic E-state index is 12.3. The summed E-state index contributed by atoms with van der Waals surface area (Å²) < 4.78 is 27.1. The summed E-state index contributed by atoms with van der Waals surface area (Å²) >= 11 is 1.59. The second kappa shape index (κ2) is 7.14. The van der Waals surface area contributed by atoms with Crippen molar-refractivity contribution < 1.29 is 13.5 Å². The quantitative estimate of drug-likeness (QED) is 0.808. The summed E-state index contributed by atoms with van der Waals surface area (Å²) in [6.07, 6.45) is 1.94. The molecular formula is C14H19NO3S2. The van der Waals surface area contributed by atoms with Crippen molar-refractivity contribution in [3.8, 4) is 11.8 Å². The molecule has 2 N–H and O–H groups in total. The average Bonchev–Trinajstić information content (AvgIpc) is 2.43. The van der Waals surface area contributed by atoms with Crippen LogP contribution in [0.4, 0.5) is 0 Å². The van der Waals surface area contributed by atoms with Gasteiger partial charge in [-0.15, -0.1) is 0 Å². The first-order chi connectivity index (χ1) is 9.32. The molecule has 0 saturated heterocycles. The molecule has 20 heavy (non-hydrogen) atoms. The minimum Gasteiger partial charge on any atom is -0.384 e. The van der Waals surface area contributed by atoms with Crippen molar-refractivity contribution in [2.75, 3.05) is 19.4 Å². The molecule has 0 amide bonds. The van der Waals surface area contributed by atoms with Crippen molar-refractivity contribution in [1.29, 1.82) is 0 Å². The third kappa shape index (κ3) is 4.84. The predicted molar refractivity (Wildman–Crippen MR) is 83.2 cm³/mol. The van der Waals surface area contributed by atoms with Crippen LogP contribution in [0, 0.1) is 11.8 Å². The molecule has 0 aliphatic heterocycles. The molecule has 0 radical (unpaired) electrons. The zero-order valence-corrected chi connectivity index (χ0v) is 13.4. The number of rotatable bonds is 5. The first-order valence-corrected chi connectivity index (χ1v) is 8.77. The Bertz CT molecular complexity index is 613. The molecular weight excluding hydrogens is 294 g/mol. The summed E-state index contributed by atoms with van der Waals surface area (Å²) in [6.45, 7) is 3.97. The van der Waals surface area contributed by atoms with Gasteiger partial charge >= 0.3 is 0 Å². The minimum absolute atomic E-state index is 0.137. The Labute approximate surface area is 125 Å². The van der Waals surface area contributed by atoms with Crippen LogP contribution >= 0.6 is 11.8 Å². The van der Waals surface area contributed by atoms with Crippen LogP contribution in [0.15, 0.2) is 29.2 Å². The third-order valence-corrected chi connectivity index (χ3v) is 5.43. The molecule has 0 bridgehead atoms.